The lowest BCUT2D eigenvalue weighted by Gasteiger charge is -2.04. The summed E-state index contributed by atoms with van der Waals surface area (Å²) in [5, 5.41) is 18.0. The molecule has 0 fully saturated rings. The van der Waals surface area contributed by atoms with Crippen molar-refractivity contribution in [2.45, 2.75) is 0 Å². The molecule has 6 aromatic rings. The van der Waals surface area contributed by atoms with Gasteiger partial charge >= 0.3 is 0 Å². The van der Waals surface area contributed by atoms with Crippen LogP contribution in [-0.2, 0) is 0 Å². The van der Waals surface area contributed by atoms with Gasteiger partial charge in [-0.15, -0.1) is 22.7 Å². The fraction of sp³-hybridized carbons (Fsp3) is 0. The highest BCUT2D eigenvalue weighted by Gasteiger charge is 2.10. The van der Waals surface area contributed by atoms with Crippen molar-refractivity contribution in [3.05, 3.63) is 132 Å². The summed E-state index contributed by atoms with van der Waals surface area (Å²) in [7, 11) is 0. The maximum absolute atomic E-state index is 9.01. The van der Waals surface area contributed by atoms with E-state index >= 15 is 0 Å². The largest absolute Gasteiger partial charge is 0.192 e. The second-order valence-electron chi connectivity index (χ2n) is 8.86. The highest BCUT2D eigenvalue weighted by atomic mass is 32.1. The fourth-order valence-corrected chi connectivity index (χ4v) is 6.49. The van der Waals surface area contributed by atoms with Gasteiger partial charge in [-0.25, -0.2) is 0 Å². The van der Waals surface area contributed by atoms with Gasteiger partial charge in [-0.05, 0) is 81.9 Å². The first-order valence-corrected chi connectivity index (χ1v) is 13.8. The second kappa shape index (κ2) is 10.3. The zero-order chi connectivity index (χ0) is 25.9. The zero-order valence-electron chi connectivity index (χ0n) is 20.3. The summed E-state index contributed by atoms with van der Waals surface area (Å²) >= 11 is 3.62. The molecule has 6 rings (SSSR count). The van der Waals surface area contributed by atoms with Crippen LogP contribution in [0.2, 0.25) is 0 Å². The first kappa shape index (κ1) is 23.6. The summed E-state index contributed by atoms with van der Waals surface area (Å²) in [6.07, 6.45) is 0. The van der Waals surface area contributed by atoms with Crippen LogP contribution in [0.3, 0.4) is 0 Å². The standard InChI is InChI=1S/C34H20N2S2/c35-21-23-1-5-25(6-2-23)27-9-13-29(14-10-27)31-17-19-33(37-31)34-20-18-32(38-34)30-15-11-28(12-16-30)26-7-3-24(22-36)4-8-26/h1-20H. The summed E-state index contributed by atoms with van der Waals surface area (Å²) < 4.78 is 0. The topological polar surface area (TPSA) is 47.6 Å². The SMILES string of the molecule is N#Cc1ccc(-c2ccc(-c3ccc(-c4ccc(-c5ccc(-c6ccc(C#N)cc6)cc5)s4)s3)cc2)cc1. The first-order valence-electron chi connectivity index (χ1n) is 12.1. The quantitative estimate of drug-likeness (QED) is 0.227. The molecule has 0 radical (unpaired) electrons. The number of hydrogen-bond donors (Lipinski definition) is 0. The third-order valence-electron chi connectivity index (χ3n) is 6.49. The Hall–Kier alpha value is -4.74. The van der Waals surface area contributed by atoms with Crippen molar-refractivity contribution in [1.82, 2.24) is 0 Å². The van der Waals surface area contributed by atoms with Crippen LogP contribution in [0.25, 0.3) is 52.9 Å². The molecule has 0 aliphatic rings. The number of thiophene rings is 2. The molecule has 0 atom stereocenters. The van der Waals surface area contributed by atoms with Gasteiger partial charge < -0.3 is 0 Å². The predicted molar refractivity (Wildman–Crippen MR) is 159 cm³/mol. The summed E-state index contributed by atoms with van der Waals surface area (Å²) in [6.45, 7) is 0. The zero-order valence-corrected chi connectivity index (χ0v) is 21.9. The van der Waals surface area contributed by atoms with E-state index in [9.17, 15) is 0 Å². The van der Waals surface area contributed by atoms with Gasteiger partial charge in [-0.1, -0.05) is 72.8 Å². The third kappa shape index (κ3) is 4.80. The number of benzene rings is 4. The van der Waals surface area contributed by atoms with E-state index in [1.54, 1.807) is 0 Å². The molecule has 0 unspecified atom stereocenters. The molecule has 4 heteroatoms. The average molecular weight is 521 g/mol. The van der Waals surface area contributed by atoms with Crippen molar-refractivity contribution in [2.75, 3.05) is 0 Å². The monoisotopic (exact) mass is 520 g/mol. The first-order chi connectivity index (χ1) is 18.7. The Bertz CT molecular complexity index is 1650. The molecule has 2 nitrogen and oxygen atoms in total. The average Bonchev–Trinajstić information content (AvgIpc) is 3.68. The van der Waals surface area contributed by atoms with Gasteiger partial charge in [0.15, 0.2) is 0 Å². The van der Waals surface area contributed by atoms with Gasteiger partial charge in [0.1, 0.15) is 0 Å². The van der Waals surface area contributed by atoms with Crippen LogP contribution in [0.5, 0.6) is 0 Å². The Morgan fingerprint density at radius 3 is 0.895 bits per heavy atom. The van der Waals surface area contributed by atoms with Crippen molar-refractivity contribution in [1.29, 1.82) is 10.5 Å². The van der Waals surface area contributed by atoms with Crippen LogP contribution >= 0.6 is 22.7 Å². The fourth-order valence-electron chi connectivity index (χ4n) is 4.38. The van der Waals surface area contributed by atoms with E-state index < -0.39 is 0 Å². The lowest BCUT2D eigenvalue weighted by atomic mass is 10.0. The molecule has 4 aromatic carbocycles. The molecule has 0 saturated heterocycles. The van der Waals surface area contributed by atoms with Crippen LogP contribution < -0.4 is 0 Å². The molecular formula is C34H20N2S2. The number of nitriles is 2. The lowest BCUT2D eigenvalue weighted by Crippen LogP contribution is -1.80. The van der Waals surface area contributed by atoms with E-state index in [1.165, 1.54) is 30.6 Å². The van der Waals surface area contributed by atoms with Crippen molar-refractivity contribution >= 4 is 22.7 Å². The third-order valence-corrected chi connectivity index (χ3v) is 8.95. The molecule has 38 heavy (non-hydrogen) atoms. The van der Waals surface area contributed by atoms with Gasteiger partial charge in [0, 0.05) is 19.5 Å². The second-order valence-corrected chi connectivity index (χ2v) is 11.0. The summed E-state index contributed by atoms with van der Waals surface area (Å²) in [5.74, 6) is 0. The molecule has 0 aliphatic heterocycles. The Labute approximate surface area is 230 Å². The Morgan fingerprint density at radius 2 is 0.579 bits per heavy atom. The number of rotatable bonds is 5. The van der Waals surface area contributed by atoms with Gasteiger partial charge in [-0.3, -0.25) is 0 Å². The van der Waals surface area contributed by atoms with Crippen LogP contribution in [0.1, 0.15) is 11.1 Å². The molecule has 0 bridgehead atoms. The van der Waals surface area contributed by atoms with Crippen molar-refractivity contribution in [3.63, 3.8) is 0 Å². The Balaban J connectivity index is 1.18. The molecule has 0 amide bonds. The molecule has 2 heterocycles. The van der Waals surface area contributed by atoms with Gasteiger partial charge in [0.05, 0.1) is 23.3 Å². The van der Waals surface area contributed by atoms with Gasteiger partial charge in [0.2, 0.25) is 0 Å². The van der Waals surface area contributed by atoms with E-state index in [0.29, 0.717) is 11.1 Å². The molecular weight excluding hydrogens is 501 g/mol. The highest BCUT2D eigenvalue weighted by molar-refractivity contribution is 7.25. The molecule has 2 aromatic heterocycles. The van der Waals surface area contributed by atoms with E-state index in [1.807, 2.05) is 71.2 Å². The van der Waals surface area contributed by atoms with Crippen LogP contribution in [0.4, 0.5) is 0 Å². The van der Waals surface area contributed by atoms with E-state index in [-0.39, 0.29) is 0 Å². The summed E-state index contributed by atoms with van der Waals surface area (Å²) in [6, 6.07) is 45.8. The molecule has 0 spiro atoms. The van der Waals surface area contributed by atoms with Crippen LogP contribution in [0.15, 0.2) is 121 Å². The number of hydrogen-bond acceptors (Lipinski definition) is 4. The predicted octanol–water partition coefficient (Wildman–Crippen LogP) is 9.89. The minimum absolute atomic E-state index is 0.674. The molecule has 0 N–H and O–H groups in total. The normalized spacial score (nSPS) is 10.6. The maximum Gasteiger partial charge on any atom is 0.0991 e. The lowest BCUT2D eigenvalue weighted by molar-refractivity contribution is 1.48. The molecule has 0 saturated carbocycles. The minimum atomic E-state index is 0.674. The molecule has 178 valence electrons. The Kier molecular flexibility index (Phi) is 6.42. The number of nitrogens with zero attached hydrogens (tertiary/aromatic N) is 2. The Morgan fingerprint density at radius 1 is 0.316 bits per heavy atom. The van der Waals surface area contributed by atoms with Crippen LogP contribution in [-0.4, -0.2) is 0 Å². The van der Waals surface area contributed by atoms with E-state index in [2.05, 4.69) is 84.9 Å². The maximum atomic E-state index is 9.01. The minimum Gasteiger partial charge on any atom is -0.192 e. The van der Waals surface area contributed by atoms with Crippen molar-refractivity contribution in [2.24, 2.45) is 0 Å². The van der Waals surface area contributed by atoms with E-state index in [4.69, 9.17) is 10.5 Å². The van der Waals surface area contributed by atoms with E-state index in [0.717, 1.165) is 22.3 Å². The van der Waals surface area contributed by atoms with Gasteiger partial charge in [-0.2, -0.15) is 10.5 Å². The molecule has 0 aliphatic carbocycles. The van der Waals surface area contributed by atoms with Crippen molar-refractivity contribution < 1.29 is 0 Å². The smallest absolute Gasteiger partial charge is 0.0991 e. The van der Waals surface area contributed by atoms with Crippen LogP contribution in [0, 0.1) is 22.7 Å². The summed E-state index contributed by atoms with van der Waals surface area (Å²) in [5.41, 5.74) is 8.26. The highest BCUT2D eigenvalue weighted by Crippen LogP contribution is 2.41. The summed E-state index contributed by atoms with van der Waals surface area (Å²) in [4.78, 5) is 5.02. The van der Waals surface area contributed by atoms with Crippen molar-refractivity contribution in [3.8, 4) is 65.0 Å². The van der Waals surface area contributed by atoms with Gasteiger partial charge in [0.25, 0.3) is 0 Å².